The fourth-order valence-corrected chi connectivity index (χ4v) is 1.94. The van der Waals surface area contributed by atoms with E-state index in [1.165, 1.54) is 6.92 Å². The first kappa shape index (κ1) is 15.3. The second kappa shape index (κ2) is 5.47. The molecule has 18 heavy (non-hydrogen) atoms. The molecule has 1 heterocycles. The molecule has 106 valence electrons. The Balaban J connectivity index is 2.92. The van der Waals surface area contributed by atoms with Gasteiger partial charge >= 0.3 is 5.97 Å². The highest BCUT2D eigenvalue weighted by atomic mass is 16.6. The average Bonchev–Trinajstić information content (AvgIpc) is 2.31. The van der Waals surface area contributed by atoms with Crippen LogP contribution in [-0.2, 0) is 9.53 Å². The van der Waals surface area contributed by atoms with E-state index in [9.17, 15) is 20.1 Å². The number of ether oxygens (including phenoxy) is 1. The van der Waals surface area contributed by atoms with Gasteiger partial charge in [0, 0.05) is 6.42 Å². The molecule has 1 fully saturated rings. The molecule has 0 amide bonds. The zero-order valence-corrected chi connectivity index (χ0v) is 9.93. The summed E-state index contributed by atoms with van der Waals surface area (Å²) >= 11 is 0. The third-order valence-corrected chi connectivity index (χ3v) is 3.19. The van der Waals surface area contributed by atoms with Gasteiger partial charge in [-0.3, -0.25) is 0 Å². The number of hydrogen-bond acceptors (Lipinski definition) is 7. The van der Waals surface area contributed by atoms with E-state index in [2.05, 4.69) is 0 Å². The predicted molar refractivity (Wildman–Crippen MR) is 58.6 cm³/mol. The van der Waals surface area contributed by atoms with Crippen LogP contribution in [0.25, 0.3) is 0 Å². The Bertz CT molecular complexity index is 313. The van der Waals surface area contributed by atoms with E-state index in [1.807, 2.05) is 0 Å². The number of hydrogen-bond donors (Lipinski definition) is 6. The van der Waals surface area contributed by atoms with Crippen molar-refractivity contribution in [2.24, 2.45) is 5.73 Å². The molecular formula is C10H19NO7. The molecule has 0 radical (unpaired) electrons. The zero-order chi connectivity index (χ0) is 14.1. The van der Waals surface area contributed by atoms with Gasteiger partial charge in [0.25, 0.3) is 0 Å². The fourth-order valence-electron chi connectivity index (χ4n) is 1.94. The van der Waals surface area contributed by atoms with Crippen LogP contribution in [0, 0.1) is 0 Å². The van der Waals surface area contributed by atoms with Gasteiger partial charge in [-0.1, -0.05) is 0 Å². The van der Waals surface area contributed by atoms with Gasteiger partial charge in [-0.15, -0.1) is 0 Å². The van der Waals surface area contributed by atoms with Gasteiger partial charge in [0.1, 0.15) is 18.3 Å². The molecule has 0 spiro atoms. The molecule has 0 aliphatic carbocycles. The molecule has 6 atom stereocenters. The van der Waals surface area contributed by atoms with Gasteiger partial charge < -0.3 is 36.0 Å². The minimum absolute atomic E-state index is 0.220. The number of nitrogens with two attached hydrogens (primary N) is 1. The van der Waals surface area contributed by atoms with E-state index >= 15 is 0 Å². The van der Waals surface area contributed by atoms with Crippen molar-refractivity contribution in [2.45, 2.75) is 49.4 Å². The van der Waals surface area contributed by atoms with Crippen molar-refractivity contribution in [1.82, 2.24) is 0 Å². The maximum absolute atomic E-state index is 11.1. The Morgan fingerprint density at radius 3 is 2.56 bits per heavy atom. The first-order valence-corrected chi connectivity index (χ1v) is 5.55. The van der Waals surface area contributed by atoms with Crippen LogP contribution >= 0.6 is 0 Å². The molecular weight excluding hydrogens is 246 g/mol. The topological polar surface area (TPSA) is 153 Å². The molecule has 0 aromatic heterocycles. The minimum atomic E-state index is -1.70. The van der Waals surface area contributed by atoms with Crippen molar-refractivity contribution in [3.05, 3.63) is 0 Å². The molecule has 1 aliphatic heterocycles. The monoisotopic (exact) mass is 265 g/mol. The summed E-state index contributed by atoms with van der Waals surface area (Å²) in [6.45, 7) is 0.517. The van der Waals surface area contributed by atoms with Crippen molar-refractivity contribution in [3.8, 4) is 0 Å². The second-order valence-corrected chi connectivity index (χ2v) is 4.71. The molecule has 0 bridgehead atoms. The van der Waals surface area contributed by atoms with Crippen LogP contribution in [0.2, 0.25) is 0 Å². The molecule has 8 heteroatoms. The van der Waals surface area contributed by atoms with Gasteiger partial charge in [-0.2, -0.15) is 0 Å². The Morgan fingerprint density at radius 2 is 2.11 bits per heavy atom. The molecule has 1 saturated heterocycles. The Kier molecular flexibility index (Phi) is 4.65. The summed E-state index contributed by atoms with van der Waals surface area (Å²) in [5.41, 5.74) is 3.92. The summed E-state index contributed by atoms with van der Waals surface area (Å²) < 4.78 is 5.20. The molecule has 0 saturated carbocycles. The number of rotatable bonds is 4. The van der Waals surface area contributed by atoms with Crippen LogP contribution in [0.5, 0.6) is 0 Å². The van der Waals surface area contributed by atoms with E-state index < -0.39 is 48.6 Å². The quantitative estimate of drug-likeness (QED) is 0.315. The number of aliphatic carboxylic acids is 1. The number of aliphatic hydroxyl groups excluding tert-OH is 4. The third-order valence-electron chi connectivity index (χ3n) is 3.19. The van der Waals surface area contributed by atoms with E-state index in [4.69, 9.17) is 20.7 Å². The molecule has 1 rings (SSSR count). The summed E-state index contributed by atoms with van der Waals surface area (Å²) in [6.07, 6.45) is -5.80. The number of carbonyl (C=O) groups is 1. The number of carboxylic acid groups (broad SMARTS) is 1. The summed E-state index contributed by atoms with van der Waals surface area (Å²) in [5, 5.41) is 46.5. The standard InChI is InChI=1S/C10H19NO7/c1-10(9(16)17)2-4(13)6(11)8(18-10)7(15)5(14)3-12/h4-8,12-15H,2-3,11H2,1H3,(H,16,17)/t4-,5+,6?,7-,8?,10-/m0/s1. The van der Waals surface area contributed by atoms with Crippen LogP contribution < -0.4 is 5.73 Å². The van der Waals surface area contributed by atoms with Crippen molar-refractivity contribution in [3.63, 3.8) is 0 Å². The predicted octanol–water partition coefficient (Wildman–Crippen LogP) is -2.98. The SMILES string of the molecule is C[C@@]1(C(=O)O)C[C@H](O)C(N)C([C@@H](O)[C@H](O)CO)O1. The smallest absolute Gasteiger partial charge is 0.335 e. The molecule has 0 aromatic rings. The second-order valence-electron chi connectivity index (χ2n) is 4.71. The molecule has 7 N–H and O–H groups in total. The largest absolute Gasteiger partial charge is 0.479 e. The zero-order valence-electron chi connectivity index (χ0n) is 9.93. The number of carboxylic acids is 1. The van der Waals surface area contributed by atoms with Gasteiger partial charge in [-0.25, -0.2) is 4.79 Å². The lowest BCUT2D eigenvalue weighted by Gasteiger charge is -2.44. The van der Waals surface area contributed by atoms with Gasteiger partial charge in [0.15, 0.2) is 5.60 Å². The van der Waals surface area contributed by atoms with E-state index in [-0.39, 0.29) is 6.42 Å². The first-order valence-electron chi connectivity index (χ1n) is 5.55. The van der Waals surface area contributed by atoms with E-state index in [0.29, 0.717) is 0 Å². The normalized spacial score (nSPS) is 40.2. The van der Waals surface area contributed by atoms with Crippen LogP contribution in [0.1, 0.15) is 13.3 Å². The van der Waals surface area contributed by atoms with Crippen molar-refractivity contribution in [1.29, 1.82) is 0 Å². The lowest BCUT2D eigenvalue weighted by Crippen LogP contribution is -2.64. The van der Waals surface area contributed by atoms with Gasteiger partial charge in [-0.05, 0) is 6.92 Å². The average molecular weight is 265 g/mol. The third kappa shape index (κ3) is 2.79. The lowest BCUT2D eigenvalue weighted by molar-refractivity contribution is -0.221. The maximum Gasteiger partial charge on any atom is 0.335 e. The van der Waals surface area contributed by atoms with Gasteiger partial charge in [0.2, 0.25) is 0 Å². The van der Waals surface area contributed by atoms with Crippen LogP contribution in [-0.4, -0.2) is 74.2 Å². The van der Waals surface area contributed by atoms with Crippen LogP contribution in [0.3, 0.4) is 0 Å². The summed E-state index contributed by atoms with van der Waals surface area (Å²) in [6, 6.07) is -1.05. The lowest BCUT2D eigenvalue weighted by atomic mass is 9.85. The Labute approximate surface area is 104 Å². The Morgan fingerprint density at radius 1 is 1.56 bits per heavy atom. The van der Waals surface area contributed by atoms with Crippen molar-refractivity contribution >= 4 is 5.97 Å². The van der Waals surface area contributed by atoms with Gasteiger partial charge in [0.05, 0.1) is 18.8 Å². The number of aliphatic hydroxyl groups is 4. The highest BCUT2D eigenvalue weighted by molar-refractivity contribution is 5.77. The molecule has 2 unspecified atom stereocenters. The van der Waals surface area contributed by atoms with E-state index in [0.717, 1.165) is 0 Å². The first-order chi connectivity index (χ1) is 8.23. The summed E-state index contributed by atoms with van der Waals surface area (Å²) in [4.78, 5) is 11.1. The van der Waals surface area contributed by atoms with Crippen molar-refractivity contribution in [2.75, 3.05) is 6.61 Å². The highest BCUT2D eigenvalue weighted by Gasteiger charge is 2.50. The maximum atomic E-state index is 11.1. The molecule has 1 aliphatic rings. The van der Waals surface area contributed by atoms with Crippen LogP contribution in [0.15, 0.2) is 0 Å². The summed E-state index contributed by atoms with van der Waals surface area (Å²) in [5.74, 6) is -1.30. The molecule has 8 nitrogen and oxygen atoms in total. The molecule has 0 aromatic carbocycles. The van der Waals surface area contributed by atoms with Crippen molar-refractivity contribution < 1.29 is 35.1 Å². The highest BCUT2D eigenvalue weighted by Crippen LogP contribution is 2.30. The van der Waals surface area contributed by atoms with E-state index in [1.54, 1.807) is 0 Å². The van der Waals surface area contributed by atoms with Crippen LogP contribution in [0.4, 0.5) is 0 Å². The Hall–Kier alpha value is -0.770. The fraction of sp³-hybridized carbons (Fsp3) is 0.900. The minimum Gasteiger partial charge on any atom is -0.479 e. The summed E-state index contributed by atoms with van der Waals surface area (Å²) in [7, 11) is 0.